The molecule has 192 valence electrons. The van der Waals surface area contributed by atoms with Gasteiger partial charge in [0, 0.05) is 23.2 Å². The second kappa shape index (κ2) is 11.1. The number of hydrogen-bond donors (Lipinski definition) is 2. The molecule has 0 bridgehead atoms. The zero-order valence-corrected chi connectivity index (χ0v) is 22.1. The second-order valence-electron chi connectivity index (χ2n) is 9.22. The van der Waals surface area contributed by atoms with E-state index in [2.05, 4.69) is 15.6 Å². The van der Waals surface area contributed by atoms with E-state index in [1.165, 1.54) is 11.3 Å². The number of amides is 2. The third-order valence-corrected chi connectivity index (χ3v) is 7.09. The highest BCUT2D eigenvalue weighted by molar-refractivity contribution is 7.90. The third-order valence-electron chi connectivity index (χ3n) is 4.95. The van der Waals surface area contributed by atoms with Crippen LogP contribution in [0.5, 0.6) is 0 Å². The normalized spacial score (nSPS) is 11.7. The van der Waals surface area contributed by atoms with Crippen molar-refractivity contribution in [1.29, 1.82) is 0 Å². The van der Waals surface area contributed by atoms with Gasteiger partial charge >= 0.3 is 6.09 Å². The minimum atomic E-state index is -3.29. The number of ether oxygens (including phenoxy) is 1. The number of anilines is 2. The summed E-state index contributed by atoms with van der Waals surface area (Å²) in [5, 5.41) is 16.1. The Hall–Kier alpha value is -3.44. The summed E-state index contributed by atoms with van der Waals surface area (Å²) >= 11 is 1.22. The first-order valence-electron chi connectivity index (χ1n) is 11.1. The topological polar surface area (TPSA) is 138 Å². The lowest BCUT2D eigenvalue weighted by Gasteiger charge is -2.19. The molecule has 11 heteroatoms. The minimum Gasteiger partial charge on any atom is -0.530 e. The van der Waals surface area contributed by atoms with E-state index in [-0.39, 0.29) is 10.0 Å². The number of nitrogens with zero attached hydrogens (tertiary/aromatic N) is 1. The SMILES string of the molecule is CC(C)(C)OC(=O)Nc1ccc(CCc2nc(NC(=O)[O-])sc2Cc2ccc(S(C)(=O)=O)cc2)cc1. The summed E-state index contributed by atoms with van der Waals surface area (Å²) < 4.78 is 28.7. The van der Waals surface area contributed by atoms with Crippen LogP contribution in [0.3, 0.4) is 0 Å². The van der Waals surface area contributed by atoms with E-state index in [9.17, 15) is 23.1 Å². The average molecular weight is 531 g/mol. The highest BCUT2D eigenvalue weighted by atomic mass is 32.2. The highest BCUT2D eigenvalue weighted by Gasteiger charge is 2.16. The maximum Gasteiger partial charge on any atom is 0.412 e. The molecule has 36 heavy (non-hydrogen) atoms. The Bertz CT molecular complexity index is 1330. The number of hydrogen-bond acceptors (Lipinski definition) is 8. The van der Waals surface area contributed by atoms with Crippen LogP contribution in [0.25, 0.3) is 0 Å². The Kier molecular flexibility index (Phi) is 8.36. The molecule has 0 saturated carbocycles. The van der Waals surface area contributed by atoms with Gasteiger partial charge in [-0.1, -0.05) is 24.3 Å². The van der Waals surface area contributed by atoms with Crippen molar-refractivity contribution in [3.05, 3.63) is 70.2 Å². The predicted molar refractivity (Wildman–Crippen MR) is 137 cm³/mol. The molecule has 0 radical (unpaired) electrons. The molecule has 2 amide bonds. The fourth-order valence-corrected chi connectivity index (χ4v) is 4.99. The molecular weight excluding hydrogens is 502 g/mol. The number of carboxylic acid groups (broad SMARTS) is 1. The number of carbonyl (C=O) groups is 2. The Labute approximate surface area is 214 Å². The van der Waals surface area contributed by atoms with E-state index in [4.69, 9.17) is 4.74 Å². The molecule has 3 aromatic rings. The van der Waals surface area contributed by atoms with Crippen molar-refractivity contribution in [2.24, 2.45) is 0 Å². The largest absolute Gasteiger partial charge is 0.530 e. The molecule has 3 rings (SSSR count). The maximum atomic E-state index is 11.9. The second-order valence-corrected chi connectivity index (χ2v) is 12.3. The van der Waals surface area contributed by atoms with Gasteiger partial charge in [0.15, 0.2) is 15.0 Å². The quantitative estimate of drug-likeness (QED) is 0.449. The van der Waals surface area contributed by atoms with Gasteiger partial charge in [-0.05, 0) is 69.0 Å². The number of benzene rings is 2. The summed E-state index contributed by atoms with van der Waals surface area (Å²) in [6, 6.07) is 13.9. The first-order chi connectivity index (χ1) is 16.8. The maximum absolute atomic E-state index is 11.9. The van der Waals surface area contributed by atoms with Gasteiger partial charge in [-0.15, -0.1) is 11.3 Å². The Balaban J connectivity index is 1.70. The molecule has 0 fully saturated rings. The lowest BCUT2D eigenvalue weighted by atomic mass is 10.0. The standard InChI is InChI=1S/C25H29N3O6S2/c1-25(2,3)34-24(31)26-18-10-5-16(6-11-18)9-14-20-21(35-22(27-20)28-23(29)30)15-17-7-12-19(13-8-17)36(4,32)33/h5-8,10-13H,9,14-15H2,1-4H3,(H,26,31)(H,27,28)(H,29,30)/p-1. The first-order valence-corrected chi connectivity index (χ1v) is 13.8. The summed E-state index contributed by atoms with van der Waals surface area (Å²) in [6.07, 6.45) is 0.862. The van der Waals surface area contributed by atoms with E-state index in [0.717, 1.165) is 28.0 Å². The van der Waals surface area contributed by atoms with Crippen molar-refractivity contribution in [3.8, 4) is 0 Å². The van der Waals surface area contributed by atoms with Crippen LogP contribution in [-0.2, 0) is 33.8 Å². The van der Waals surface area contributed by atoms with Crippen molar-refractivity contribution < 1.29 is 27.9 Å². The van der Waals surface area contributed by atoms with Crippen LogP contribution < -0.4 is 15.7 Å². The van der Waals surface area contributed by atoms with Crippen LogP contribution in [0, 0.1) is 0 Å². The minimum absolute atomic E-state index is 0.227. The number of aryl methyl sites for hydroxylation is 2. The van der Waals surface area contributed by atoms with E-state index in [0.29, 0.717) is 24.9 Å². The van der Waals surface area contributed by atoms with Gasteiger partial charge in [-0.3, -0.25) is 5.32 Å². The van der Waals surface area contributed by atoms with Gasteiger partial charge in [0.05, 0.1) is 10.6 Å². The lowest BCUT2D eigenvalue weighted by molar-refractivity contribution is -0.242. The van der Waals surface area contributed by atoms with Crippen LogP contribution >= 0.6 is 11.3 Å². The Morgan fingerprint density at radius 3 is 2.14 bits per heavy atom. The van der Waals surface area contributed by atoms with Crippen molar-refractivity contribution in [2.75, 3.05) is 16.9 Å². The van der Waals surface area contributed by atoms with Crippen LogP contribution in [-0.4, -0.2) is 37.4 Å². The van der Waals surface area contributed by atoms with Gasteiger partial charge in [0.2, 0.25) is 0 Å². The molecular formula is C25H28N3O6S2-. The smallest absolute Gasteiger partial charge is 0.412 e. The predicted octanol–water partition coefficient (Wildman–Crippen LogP) is 4.02. The summed E-state index contributed by atoms with van der Waals surface area (Å²) in [6.45, 7) is 5.38. The van der Waals surface area contributed by atoms with E-state index in [1.807, 2.05) is 12.1 Å². The molecule has 0 unspecified atom stereocenters. The molecule has 0 atom stereocenters. The third kappa shape index (κ3) is 8.35. The summed E-state index contributed by atoms with van der Waals surface area (Å²) in [5.74, 6) is 0. The lowest BCUT2D eigenvalue weighted by Crippen LogP contribution is -2.28. The molecule has 2 N–H and O–H groups in total. The number of sulfone groups is 1. The summed E-state index contributed by atoms with van der Waals surface area (Å²) in [4.78, 5) is 28.5. The van der Waals surface area contributed by atoms with Gasteiger partial charge in [-0.2, -0.15) is 0 Å². The summed E-state index contributed by atoms with van der Waals surface area (Å²) in [7, 11) is -3.29. The van der Waals surface area contributed by atoms with Gasteiger partial charge in [-0.25, -0.2) is 18.2 Å². The van der Waals surface area contributed by atoms with Crippen LogP contribution in [0.15, 0.2) is 53.4 Å². The van der Waals surface area contributed by atoms with Crippen molar-refractivity contribution in [2.45, 2.75) is 50.5 Å². The molecule has 1 heterocycles. The molecule has 0 aliphatic heterocycles. The monoisotopic (exact) mass is 530 g/mol. The van der Waals surface area contributed by atoms with Crippen LogP contribution in [0.2, 0.25) is 0 Å². The van der Waals surface area contributed by atoms with Crippen molar-refractivity contribution >= 4 is 44.2 Å². The Morgan fingerprint density at radius 2 is 1.58 bits per heavy atom. The average Bonchev–Trinajstić information content (AvgIpc) is 3.11. The fourth-order valence-electron chi connectivity index (χ4n) is 3.34. The molecule has 9 nitrogen and oxygen atoms in total. The molecule has 1 aromatic heterocycles. The van der Waals surface area contributed by atoms with E-state index < -0.39 is 27.6 Å². The number of aromatic nitrogens is 1. The molecule has 0 aliphatic carbocycles. The highest BCUT2D eigenvalue weighted by Crippen LogP contribution is 2.27. The zero-order chi connectivity index (χ0) is 26.5. The molecule has 0 aliphatic rings. The van der Waals surface area contributed by atoms with Crippen molar-refractivity contribution in [1.82, 2.24) is 4.98 Å². The van der Waals surface area contributed by atoms with Crippen LogP contribution in [0.4, 0.5) is 20.4 Å². The molecule has 0 spiro atoms. The number of nitrogens with one attached hydrogen (secondary N) is 2. The Morgan fingerprint density at radius 1 is 0.972 bits per heavy atom. The number of rotatable bonds is 8. The zero-order valence-electron chi connectivity index (χ0n) is 20.5. The number of thiazole rings is 1. The van der Waals surface area contributed by atoms with Crippen molar-refractivity contribution in [3.63, 3.8) is 0 Å². The molecule has 2 aromatic carbocycles. The van der Waals surface area contributed by atoms with E-state index >= 15 is 0 Å². The molecule has 0 saturated heterocycles. The first kappa shape index (κ1) is 27.2. The number of carbonyl (C=O) groups excluding carboxylic acids is 2. The summed E-state index contributed by atoms with van der Waals surface area (Å²) in [5.41, 5.74) is 2.66. The van der Waals surface area contributed by atoms with Crippen LogP contribution in [0.1, 0.15) is 42.5 Å². The van der Waals surface area contributed by atoms with Gasteiger partial charge in [0.25, 0.3) is 0 Å². The van der Waals surface area contributed by atoms with Gasteiger partial charge in [0.1, 0.15) is 11.7 Å². The fraction of sp³-hybridized carbons (Fsp3) is 0.320. The van der Waals surface area contributed by atoms with Gasteiger partial charge < -0.3 is 20.0 Å². The van der Waals surface area contributed by atoms with E-state index in [1.54, 1.807) is 57.2 Å².